The Morgan fingerprint density at radius 2 is 0.952 bits per heavy atom. The van der Waals surface area contributed by atoms with Crippen LogP contribution in [0.4, 0.5) is 0 Å². The van der Waals surface area contributed by atoms with Crippen molar-refractivity contribution in [3.8, 4) is 0 Å². The lowest BCUT2D eigenvalue weighted by Crippen LogP contribution is -1.91. The molecule has 0 N–H and O–H groups in total. The van der Waals surface area contributed by atoms with E-state index in [4.69, 9.17) is 0 Å². The molecule has 0 aliphatic carbocycles. The molecular weight excluding hydrogens is 252 g/mol. The number of benzene rings is 2. The Labute approximate surface area is 130 Å². The van der Waals surface area contributed by atoms with Gasteiger partial charge < -0.3 is 0 Å². The zero-order chi connectivity index (χ0) is 14.8. The van der Waals surface area contributed by atoms with E-state index in [1.54, 1.807) is 0 Å². The maximum absolute atomic E-state index is 2.32. The molecule has 0 aliphatic rings. The summed E-state index contributed by atoms with van der Waals surface area (Å²) in [6.45, 7) is 2.26. The Hall–Kier alpha value is -1.56. The minimum atomic E-state index is 1.20. The highest BCUT2D eigenvalue weighted by Gasteiger charge is 1.97. The normalized spacial score (nSPS) is 10.7. The molecule has 0 aliphatic heterocycles. The molecule has 0 fully saturated rings. The van der Waals surface area contributed by atoms with Crippen LogP contribution in [0.3, 0.4) is 0 Å². The fourth-order valence-electron chi connectivity index (χ4n) is 2.75. The molecule has 2 aromatic carbocycles. The summed E-state index contributed by atoms with van der Waals surface area (Å²) in [5.41, 5.74) is 4.45. The standard InChI is InChI=1S/C21H28/c1-2-3-5-10-20-15-17-21(18-16-20)14-9-8-13-19-11-6-4-7-12-19/h4,6-7,11-12,15-18H,2-3,5,8-10,13-14H2,1H3. The average Bonchev–Trinajstić information content (AvgIpc) is 2.54. The van der Waals surface area contributed by atoms with Crippen molar-refractivity contribution >= 4 is 0 Å². The van der Waals surface area contributed by atoms with Crippen LogP contribution in [0.25, 0.3) is 0 Å². The van der Waals surface area contributed by atoms with E-state index >= 15 is 0 Å². The number of rotatable bonds is 9. The van der Waals surface area contributed by atoms with Crippen molar-refractivity contribution in [2.45, 2.75) is 58.3 Å². The maximum Gasteiger partial charge on any atom is -0.0279 e. The summed E-state index contributed by atoms with van der Waals surface area (Å²) in [7, 11) is 0. The van der Waals surface area contributed by atoms with Crippen LogP contribution in [-0.2, 0) is 19.3 Å². The summed E-state index contributed by atoms with van der Waals surface area (Å²) in [5, 5.41) is 0. The summed E-state index contributed by atoms with van der Waals surface area (Å²) in [6.07, 6.45) is 10.2. The van der Waals surface area contributed by atoms with E-state index in [0.29, 0.717) is 0 Å². The predicted octanol–water partition coefficient (Wildman–Crippen LogP) is 5.98. The van der Waals surface area contributed by atoms with Gasteiger partial charge in [0.25, 0.3) is 0 Å². The van der Waals surface area contributed by atoms with E-state index < -0.39 is 0 Å². The Morgan fingerprint density at radius 3 is 1.43 bits per heavy atom. The summed E-state index contributed by atoms with van der Waals surface area (Å²) in [4.78, 5) is 0. The van der Waals surface area contributed by atoms with Gasteiger partial charge in [-0.2, -0.15) is 0 Å². The largest absolute Gasteiger partial charge is 0.0654 e. The minimum Gasteiger partial charge on any atom is -0.0654 e. The Balaban J connectivity index is 1.66. The van der Waals surface area contributed by atoms with E-state index in [1.807, 2.05) is 0 Å². The molecule has 0 heterocycles. The second kappa shape index (κ2) is 9.39. The van der Waals surface area contributed by atoms with Crippen molar-refractivity contribution in [1.29, 1.82) is 0 Å². The van der Waals surface area contributed by atoms with Crippen LogP contribution < -0.4 is 0 Å². The first kappa shape index (κ1) is 15.8. The zero-order valence-electron chi connectivity index (χ0n) is 13.4. The third-order valence-electron chi connectivity index (χ3n) is 4.12. The van der Waals surface area contributed by atoms with Gasteiger partial charge in [0, 0.05) is 0 Å². The van der Waals surface area contributed by atoms with E-state index in [1.165, 1.54) is 68.1 Å². The fraction of sp³-hybridized carbons (Fsp3) is 0.429. The third kappa shape index (κ3) is 6.16. The van der Waals surface area contributed by atoms with Gasteiger partial charge in [-0.25, -0.2) is 0 Å². The molecule has 0 saturated heterocycles. The van der Waals surface area contributed by atoms with Gasteiger partial charge in [0.2, 0.25) is 0 Å². The van der Waals surface area contributed by atoms with Gasteiger partial charge in [0.15, 0.2) is 0 Å². The topological polar surface area (TPSA) is 0 Å². The van der Waals surface area contributed by atoms with Crippen LogP contribution >= 0.6 is 0 Å². The molecule has 0 bridgehead atoms. The van der Waals surface area contributed by atoms with Crippen LogP contribution in [0.1, 0.15) is 55.7 Å². The highest BCUT2D eigenvalue weighted by molar-refractivity contribution is 5.22. The summed E-state index contributed by atoms with van der Waals surface area (Å²) in [6, 6.07) is 20.1. The fourth-order valence-corrected chi connectivity index (χ4v) is 2.75. The Morgan fingerprint density at radius 1 is 0.524 bits per heavy atom. The Kier molecular flexibility index (Phi) is 7.07. The molecule has 0 saturated carbocycles. The monoisotopic (exact) mass is 280 g/mol. The molecule has 2 rings (SSSR count). The number of aryl methyl sites for hydroxylation is 3. The molecule has 2 aromatic rings. The molecule has 0 aromatic heterocycles. The summed E-state index contributed by atoms with van der Waals surface area (Å²) in [5.74, 6) is 0. The predicted molar refractivity (Wildman–Crippen MR) is 92.8 cm³/mol. The molecule has 0 heteroatoms. The molecular formula is C21H28. The highest BCUT2D eigenvalue weighted by atomic mass is 14.0. The lowest BCUT2D eigenvalue weighted by atomic mass is 10.0. The lowest BCUT2D eigenvalue weighted by molar-refractivity contribution is 0.715. The highest BCUT2D eigenvalue weighted by Crippen LogP contribution is 2.12. The second-order valence-electron chi connectivity index (χ2n) is 5.97. The zero-order valence-corrected chi connectivity index (χ0v) is 13.4. The summed E-state index contributed by atoms with van der Waals surface area (Å²) >= 11 is 0. The third-order valence-corrected chi connectivity index (χ3v) is 4.12. The first-order chi connectivity index (χ1) is 10.4. The number of hydrogen-bond donors (Lipinski definition) is 0. The van der Waals surface area contributed by atoms with Crippen molar-refractivity contribution in [3.63, 3.8) is 0 Å². The van der Waals surface area contributed by atoms with Crippen molar-refractivity contribution in [1.82, 2.24) is 0 Å². The van der Waals surface area contributed by atoms with Crippen LogP contribution in [0.15, 0.2) is 54.6 Å². The molecule has 0 nitrogen and oxygen atoms in total. The van der Waals surface area contributed by atoms with Gasteiger partial charge >= 0.3 is 0 Å². The lowest BCUT2D eigenvalue weighted by Gasteiger charge is -2.05. The van der Waals surface area contributed by atoms with Crippen molar-refractivity contribution in [2.75, 3.05) is 0 Å². The second-order valence-corrected chi connectivity index (χ2v) is 5.97. The van der Waals surface area contributed by atoms with Gasteiger partial charge in [-0.3, -0.25) is 0 Å². The van der Waals surface area contributed by atoms with Gasteiger partial charge in [-0.05, 0) is 55.2 Å². The van der Waals surface area contributed by atoms with Gasteiger partial charge in [0.05, 0.1) is 0 Å². The number of hydrogen-bond acceptors (Lipinski definition) is 0. The first-order valence-electron chi connectivity index (χ1n) is 8.50. The summed E-state index contributed by atoms with van der Waals surface area (Å²) < 4.78 is 0. The molecule has 21 heavy (non-hydrogen) atoms. The molecule has 0 spiro atoms. The minimum absolute atomic E-state index is 1.20. The maximum atomic E-state index is 2.32. The first-order valence-corrected chi connectivity index (χ1v) is 8.50. The quantitative estimate of drug-likeness (QED) is 0.495. The molecule has 0 amide bonds. The van der Waals surface area contributed by atoms with Crippen molar-refractivity contribution in [2.24, 2.45) is 0 Å². The van der Waals surface area contributed by atoms with Crippen LogP contribution in [-0.4, -0.2) is 0 Å². The van der Waals surface area contributed by atoms with Crippen LogP contribution in [0, 0.1) is 0 Å². The van der Waals surface area contributed by atoms with Crippen molar-refractivity contribution in [3.05, 3.63) is 71.3 Å². The molecule has 112 valence electrons. The van der Waals surface area contributed by atoms with E-state index in [9.17, 15) is 0 Å². The SMILES string of the molecule is CCCCCc1ccc(CCCCc2ccccc2)cc1. The van der Waals surface area contributed by atoms with E-state index in [0.717, 1.165) is 0 Å². The van der Waals surface area contributed by atoms with E-state index in [-0.39, 0.29) is 0 Å². The molecule has 0 unspecified atom stereocenters. The Bertz CT molecular complexity index is 481. The van der Waals surface area contributed by atoms with Gasteiger partial charge in [-0.15, -0.1) is 0 Å². The van der Waals surface area contributed by atoms with Gasteiger partial charge in [0.1, 0.15) is 0 Å². The smallest absolute Gasteiger partial charge is 0.0279 e. The average molecular weight is 280 g/mol. The van der Waals surface area contributed by atoms with Crippen LogP contribution in [0.2, 0.25) is 0 Å². The number of unbranched alkanes of at least 4 members (excludes halogenated alkanes) is 3. The van der Waals surface area contributed by atoms with Crippen LogP contribution in [0.5, 0.6) is 0 Å². The van der Waals surface area contributed by atoms with Crippen molar-refractivity contribution < 1.29 is 0 Å². The molecule has 0 atom stereocenters. The van der Waals surface area contributed by atoms with E-state index in [2.05, 4.69) is 61.5 Å². The molecule has 0 radical (unpaired) electrons. The van der Waals surface area contributed by atoms with Gasteiger partial charge in [-0.1, -0.05) is 74.4 Å².